The van der Waals surface area contributed by atoms with Gasteiger partial charge in [0.25, 0.3) is 0 Å². The summed E-state index contributed by atoms with van der Waals surface area (Å²) in [4.78, 5) is 65.5. The zero-order chi connectivity index (χ0) is 40.4. The van der Waals surface area contributed by atoms with E-state index in [1.807, 2.05) is 0 Å². The van der Waals surface area contributed by atoms with E-state index >= 15 is 0 Å². The number of ether oxygens (including phenoxy) is 5. The van der Waals surface area contributed by atoms with Crippen LogP contribution in [0.3, 0.4) is 0 Å². The monoisotopic (exact) mass is 905 g/mol. The third-order valence-electron chi connectivity index (χ3n) is 6.69. The average molecular weight is 906 g/mol. The molecular formula is C27H46N3O17P3S4. The summed E-state index contributed by atoms with van der Waals surface area (Å²) in [5.41, 5.74) is 5.25. The van der Waals surface area contributed by atoms with Gasteiger partial charge in [0, 0.05) is 44.1 Å². The molecule has 2 unspecified atom stereocenters. The first-order valence-electron chi connectivity index (χ1n) is 15.9. The fourth-order valence-electron chi connectivity index (χ4n) is 4.17. The summed E-state index contributed by atoms with van der Waals surface area (Å²) < 4.78 is 75.8. The van der Waals surface area contributed by atoms with E-state index in [9.17, 15) is 33.1 Å². The number of methoxy groups -OCH3 is 1. The van der Waals surface area contributed by atoms with Crippen molar-refractivity contribution in [2.45, 2.75) is 75.6 Å². The van der Waals surface area contributed by atoms with Gasteiger partial charge in [0.1, 0.15) is 30.0 Å². The second-order valence-corrected chi connectivity index (χ2v) is 21.4. The van der Waals surface area contributed by atoms with E-state index in [4.69, 9.17) is 43.7 Å². The molecule has 0 radical (unpaired) electrons. The highest BCUT2D eigenvalue weighted by Gasteiger charge is 2.43. The summed E-state index contributed by atoms with van der Waals surface area (Å²) in [5.74, 6) is 5.65. The lowest BCUT2D eigenvalue weighted by Gasteiger charge is -2.22. The minimum Gasteiger partial charge on any atom is -0.466 e. The number of phosphoric ester groups is 1. The molecule has 1 saturated heterocycles. The topological polar surface area (TPSA) is 284 Å². The Hall–Kier alpha value is -0.640. The zero-order valence-electron chi connectivity index (χ0n) is 29.8. The molecule has 0 spiro atoms. The van der Waals surface area contributed by atoms with Gasteiger partial charge in [0.2, 0.25) is 0 Å². The second kappa shape index (κ2) is 24.3. The molecule has 1 aliphatic heterocycles. The average Bonchev–Trinajstić information content (AvgIpc) is 3.45. The van der Waals surface area contributed by atoms with Gasteiger partial charge < -0.3 is 49.0 Å². The molecule has 27 heteroatoms. The molecule has 2 rings (SSSR count). The largest absolute Gasteiger partial charge is 0.490 e. The van der Waals surface area contributed by atoms with E-state index < -0.39 is 60.2 Å². The number of hydrogen-bond donors (Lipinski definition) is 5. The summed E-state index contributed by atoms with van der Waals surface area (Å²) in [6.45, 7) is 5.01. The molecule has 1 aromatic rings. The van der Waals surface area contributed by atoms with Gasteiger partial charge in [-0.3, -0.25) is 13.9 Å². The Morgan fingerprint density at radius 2 is 1.81 bits per heavy atom. The standard InChI is InChI=1S/C27H46N3O17P3S4/c1-27(2,11-14-40-3)54-53-18-41-12-7-8-13-42-24(31)10-6-5-9-20-16-30(26(32)29-25(20)28)23-15-21(43-19-52-51-4)22(45-23)17-44-49(36,37)47-50(38,39)46-48(33,34)35/h16,21-23H,6-8,10-15,17-19H2,1-4H3,(H,36,37)(H,38,39)(H2,28,29,32)(H2,33,34,35)/t21-,22+,23+/m0/s1. The first-order valence-corrected chi connectivity index (χ1v) is 25.4. The molecule has 0 bridgehead atoms. The normalized spacial score (nSPS) is 19.8. The molecule has 54 heavy (non-hydrogen) atoms. The molecule has 0 aromatic carbocycles. The maximum Gasteiger partial charge on any atom is 0.490 e. The maximum atomic E-state index is 12.8. The van der Waals surface area contributed by atoms with Crippen LogP contribution in [0.25, 0.3) is 0 Å². The number of esters is 1. The van der Waals surface area contributed by atoms with Crippen molar-refractivity contribution in [3.8, 4) is 11.8 Å². The Morgan fingerprint density at radius 3 is 2.50 bits per heavy atom. The molecule has 20 nitrogen and oxygen atoms in total. The molecule has 0 aliphatic carbocycles. The summed E-state index contributed by atoms with van der Waals surface area (Å²) in [5, 5.41) is 0. The number of carbonyl (C=O) groups excluding carboxylic acids is 1. The van der Waals surface area contributed by atoms with Crippen LogP contribution in [0.2, 0.25) is 0 Å². The van der Waals surface area contributed by atoms with Crippen molar-refractivity contribution in [1.29, 1.82) is 0 Å². The van der Waals surface area contributed by atoms with E-state index in [-0.39, 0.29) is 47.9 Å². The van der Waals surface area contributed by atoms with E-state index in [0.717, 1.165) is 17.4 Å². The van der Waals surface area contributed by atoms with Crippen molar-refractivity contribution < 1.29 is 74.9 Å². The molecule has 1 aromatic heterocycles. The molecule has 310 valence electrons. The van der Waals surface area contributed by atoms with Crippen molar-refractivity contribution in [2.75, 3.05) is 57.4 Å². The number of unbranched alkanes of at least 4 members (excludes halogenated alkanes) is 1. The summed E-state index contributed by atoms with van der Waals surface area (Å²) in [7, 11) is -8.99. The molecule has 1 aliphatic rings. The number of carbonyl (C=O) groups is 1. The first-order chi connectivity index (χ1) is 25.3. The fraction of sp³-hybridized carbons (Fsp3) is 0.741. The Morgan fingerprint density at radius 1 is 1.09 bits per heavy atom. The van der Waals surface area contributed by atoms with Crippen molar-refractivity contribution in [3.05, 3.63) is 22.2 Å². The maximum absolute atomic E-state index is 12.8. The van der Waals surface area contributed by atoms with Crippen LogP contribution in [0.1, 0.15) is 64.2 Å². The number of aromatic nitrogens is 2. The minimum atomic E-state index is -5.74. The fourth-order valence-corrected chi connectivity index (χ4v) is 10.3. The van der Waals surface area contributed by atoms with E-state index in [2.05, 4.69) is 39.3 Å². The van der Waals surface area contributed by atoms with E-state index in [0.29, 0.717) is 25.6 Å². The van der Waals surface area contributed by atoms with Gasteiger partial charge in [0.15, 0.2) is 0 Å². The number of nitrogens with two attached hydrogens (primary N) is 1. The van der Waals surface area contributed by atoms with Crippen LogP contribution in [0.4, 0.5) is 5.82 Å². The van der Waals surface area contributed by atoms with Crippen LogP contribution in [0, 0.1) is 11.8 Å². The predicted octanol–water partition coefficient (Wildman–Crippen LogP) is 4.44. The third-order valence-corrected chi connectivity index (χ3v) is 15.0. The quantitative estimate of drug-likeness (QED) is 0.0215. The van der Waals surface area contributed by atoms with Gasteiger partial charge in [-0.25, -0.2) is 18.5 Å². The Kier molecular flexibility index (Phi) is 22.3. The molecule has 1 fully saturated rings. The predicted molar refractivity (Wildman–Crippen MR) is 205 cm³/mol. The lowest BCUT2D eigenvalue weighted by atomic mass is 10.1. The minimum absolute atomic E-state index is 0.00138. The molecule has 2 heterocycles. The Bertz CT molecular complexity index is 1610. The van der Waals surface area contributed by atoms with Crippen molar-refractivity contribution in [1.82, 2.24) is 9.55 Å². The number of rotatable bonds is 26. The van der Waals surface area contributed by atoms with Crippen LogP contribution < -0.4 is 11.4 Å². The van der Waals surface area contributed by atoms with E-state index in [1.54, 1.807) is 35.0 Å². The molecule has 6 N–H and O–H groups in total. The Labute approximate surface area is 328 Å². The molecular weight excluding hydrogens is 859 g/mol. The number of phosphoric acid groups is 3. The second-order valence-electron chi connectivity index (χ2n) is 11.5. The summed E-state index contributed by atoms with van der Waals surface area (Å²) in [6.07, 6.45) is 2.46. The van der Waals surface area contributed by atoms with Gasteiger partial charge in [0.05, 0.1) is 31.3 Å². The van der Waals surface area contributed by atoms with Crippen LogP contribution in [-0.4, -0.2) is 104 Å². The van der Waals surface area contributed by atoms with Crippen molar-refractivity contribution in [2.24, 2.45) is 0 Å². The van der Waals surface area contributed by atoms with Crippen molar-refractivity contribution in [3.63, 3.8) is 0 Å². The first kappa shape index (κ1) is 49.5. The van der Waals surface area contributed by atoms with Gasteiger partial charge in [-0.2, -0.15) is 13.6 Å². The van der Waals surface area contributed by atoms with Crippen LogP contribution in [0.15, 0.2) is 11.0 Å². The number of hydrogen-bond acceptors (Lipinski definition) is 19. The van der Waals surface area contributed by atoms with Crippen molar-refractivity contribution >= 4 is 78.4 Å². The summed E-state index contributed by atoms with van der Waals surface area (Å²) in [6, 6.07) is 0. The third kappa shape index (κ3) is 20.7. The van der Waals surface area contributed by atoms with Gasteiger partial charge in [-0.1, -0.05) is 55.0 Å². The lowest BCUT2D eigenvalue weighted by Crippen LogP contribution is -2.29. The van der Waals surface area contributed by atoms with E-state index in [1.165, 1.54) is 27.8 Å². The Balaban J connectivity index is 1.89. The summed E-state index contributed by atoms with van der Waals surface area (Å²) >= 11 is 0. The highest BCUT2D eigenvalue weighted by Crippen LogP contribution is 2.66. The molecule has 5 atom stereocenters. The molecule has 0 amide bonds. The highest BCUT2D eigenvalue weighted by atomic mass is 33.1. The highest BCUT2D eigenvalue weighted by molar-refractivity contribution is 8.77. The molecule has 0 saturated carbocycles. The number of nitrogens with zero attached hydrogens (tertiary/aromatic N) is 2. The van der Waals surface area contributed by atoms with Crippen LogP contribution in [0.5, 0.6) is 0 Å². The zero-order valence-corrected chi connectivity index (χ0v) is 35.8. The van der Waals surface area contributed by atoms with Gasteiger partial charge >= 0.3 is 35.1 Å². The lowest BCUT2D eigenvalue weighted by molar-refractivity contribution is -0.143. The number of anilines is 1. The smallest absolute Gasteiger partial charge is 0.466 e. The van der Waals surface area contributed by atoms with Crippen LogP contribution in [-0.2, 0) is 55.3 Å². The van der Waals surface area contributed by atoms with Gasteiger partial charge in [-0.15, -0.1) is 0 Å². The van der Waals surface area contributed by atoms with Gasteiger partial charge in [-0.05, 0) is 39.4 Å². The number of nitrogen functional groups attached to an aromatic ring is 1. The SMILES string of the molecule is COCCC(C)(C)SSCOCCCCOC(=O)CCC#Cc1cn([C@H]2C[C@H](OCSSC)[C@@H](COP(=O)(O)OP(=O)(O)OP(=O)(O)O)O2)c(=O)nc1N. The van der Waals surface area contributed by atoms with Crippen LogP contribution >= 0.6 is 66.6 Å².